The van der Waals surface area contributed by atoms with Gasteiger partial charge in [0, 0.05) is 63.9 Å². The van der Waals surface area contributed by atoms with Gasteiger partial charge in [0.15, 0.2) is 6.10 Å². The molecule has 0 aromatic carbocycles. The molecule has 3 aliphatic heterocycles. The van der Waals surface area contributed by atoms with Crippen molar-refractivity contribution in [3.63, 3.8) is 0 Å². The molecule has 1 amide bonds. The van der Waals surface area contributed by atoms with Crippen molar-refractivity contribution < 1.29 is 9.53 Å². The van der Waals surface area contributed by atoms with Crippen LogP contribution in [0.25, 0.3) is 0 Å². The van der Waals surface area contributed by atoms with E-state index in [-0.39, 0.29) is 5.91 Å². The number of carbonyl (C=O) groups excluding carboxylic acids is 1. The number of likely N-dealkylation sites (tertiary alicyclic amines) is 2. The van der Waals surface area contributed by atoms with E-state index < -0.39 is 11.7 Å². The van der Waals surface area contributed by atoms with Crippen LogP contribution in [-0.2, 0) is 35.3 Å². The molecular weight excluding hydrogens is 356 g/mol. The molecule has 5 heterocycles. The summed E-state index contributed by atoms with van der Waals surface area (Å²) in [7, 11) is 1.95. The van der Waals surface area contributed by atoms with Gasteiger partial charge in [0.1, 0.15) is 11.4 Å². The van der Waals surface area contributed by atoms with Crippen LogP contribution in [-0.4, -0.2) is 67.3 Å². The Morgan fingerprint density at radius 3 is 2.75 bits per heavy atom. The molecule has 8 heteroatoms. The van der Waals surface area contributed by atoms with Crippen LogP contribution in [0.15, 0.2) is 24.8 Å². The molecule has 2 saturated heterocycles. The maximum Gasteiger partial charge on any atom is 0.253 e. The Kier molecular flexibility index (Phi) is 4.47. The summed E-state index contributed by atoms with van der Waals surface area (Å²) >= 11 is 0. The molecule has 28 heavy (non-hydrogen) atoms. The first kappa shape index (κ1) is 17.9. The summed E-state index contributed by atoms with van der Waals surface area (Å²) in [6, 6.07) is 0. The van der Waals surface area contributed by atoms with E-state index in [1.54, 1.807) is 0 Å². The van der Waals surface area contributed by atoms with Gasteiger partial charge in [0.2, 0.25) is 0 Å². The van der Waals surface area contributed by atoms with E-state index in [1.165, 1.54) is 5.56 Å². The average molecular weight is 384 g/mol. The van der Waals surface area contributed by atoms with Crippen molar-refractivity contribution >= 4 is 5.91 Å². The lowest BCUT2D eigenvalue weighted by atomic mass is 9.88. The van der Waals surface area contributed by atoms with Crippen molar-refractivity contribution in [2.75, 3.05) is 26.2 Å². The minimum Gasteiger partial charge on any atom is -0.352 e. The number of aromatic nitrogens is 4. The predicted octanol–water partition coefficient (Wildman–Crippen LogP) is 1.13. The van der Waals surface area contributed by atoms with Crippen LogP contribution in [0, 0.1) is 0 Å². The molecule has 0 bridgehead atoms. The van der Waals surface area contributed by atoms with E-state index >= 15 is 0 Å². The number of piperidine rings is 1. The fourth-order valence-electron chi connectivity index (χ4n) is 4.89. The summed E-state index contributed by atoms with van der Waals surface area (Å²) in [4.78, 5) is 22.0. The Hall–Kier alpha value is -2.19. The number of ether oxygens (including phenoxy) is 1. The van der Waals surface area contributed by atoms with Crippen molar-refractivity contribution in [3.05, 3.63) is 36.2 Å². The van der Waals surface area contributed by atoms with Crippen LogP contribution in [0.5, 0.6) is 0 Å². The molecule has 0 radical (unpaired) electrons. The summed E-state index contributed by atoms with van der Waals surface area (Å²) in [6.07, 6.45) is 11.3. The summed E-state index contributed by atoms with van der Waals surface area (Å²) < 4.78 is 10.5. The van der Waals surface area contributed by atoms with Gasteiger partial charge in [0.25, 0.3) is 5.91 Å². The Morgan fingerprint density at radius 2 is 2.04 bits per heavy atom. The third-order valence-electron chi connectivity index (χ3n) is 6.37. The quantitative estimate of drug-likeness (QED) is 0.794. The molecular formula is C20H28N6O2. The van der Waals surface area contributed by atoms with Crippen LogP contribution in [0.3, 0.4) is 0 Å². The molecule has 0 N–H and O–H groups in total. The van der Waals surface area contributed by atoms with E-state index in [2.05, 4.69) is 25.7 Å². The molecule has 1 spiro atoms. The number of imidazole rings is 1. The van der Waals surface area contributed by atoms with Gasteiger partial charge in [-0.2, -0.15) is 5.10 Å². The van der Waals surface area contributed by atoms with Gasteiger partial charge in [0.05, 0.1) is 12.7 Å². The molecule has 2 aromatic heterocycles. The first-order valence-corrected chi connectivity index (χ1v) is 10.3. The molecule has 0 unspecified atom stereocenters. The van der Waals surface area contributed by atoms with Crippen LogP contribution < -0.4 is 0 Å². The maximum absolute atomic E-state index is 13.0. The first-order chi connectivity index (χ1) is 13.6. The molecule has 8 nitrogen and oxygen atoms in total. The highest BCUT2D eigenvalue weighted by atomic mass is 16.5. The molecule has 2 fully saturated rings. The fourth-order valence-corrected chi connectivity index (χ4v) is 4.89. The van der Waals surface area contributed by atoms with Gasteiger partial charge in [-0.25, -0.2) is 4.98 Å². The Labute approximate surface area is 165 Å². The Morgan fingerprint density at radius 1 is 1.25 bits per heavy atom. The highest BCUT2D eigenvalue weighted by molar-refractivity contribution is 5.81. The second kappa shape index (κ2) is 7.00. The third-order valence-corrected chi connectivity index (χ3v) is 6.37. The van der Waals surface area contributed by atoms with Crippen LogP contribution >= 0.6 is 0 Å². The normalized spacial score (nSPS) is 24.6. The lowest BCUT2D eigenvalue weighted by Crippen LogP contribution is -2.54. The van der Waals surface area contributed by atoms with E-state index in [9.17, 15) is 4.79 Å². The van der Waals surface area contributed by atoms with E-state index in [0.717, 1.165) is 64.2 Å². The average Bonchev–Trinajstić information content (AvgIpc) is 3.45. The minimum atomic E-state index is -0.451. The smallest absolute Gasteiger partial charge is 0.253 e. The molecule has 0 aliphatic carbocycles. The second-order valence-electron chi connectivity index (χ2n) is 8.33. The van der Waals surface area contributed by atoms with Gasteiger partial charge in [-0.3, -0.25) is 14.4 Å². The number of aryl methyl sites for hydroxylation is 1. The van der Waals surface area contributed by atoms with Crippen molar-refractivity contribution in [2.45, 2.75) is 50.5 Å². The molecule has 1 atom stereocenters. The summed E-state index contributed by atoms with van der Waals surface area (Å²) in [5, 5.41) is 4.27. The van der Waals surface area contributed by atoms with E-state index in [0.29, 0.717) is 6.54 Å². The van der Waals surface area contributed by atoms with Crippen LogP contribution in [0.2, 0.25) is 0 Å². The molecule has 5 rings (SSSR count). The standard InChI is InChI=1S/C20H28N6O2/c1-23-13-16(12-22-23)14-24-9-4-20(5-10-24)19-21-6-11-26(19)15-17(28-20)18(27)25-7-2-3-8-25/h6,11-13,17H,2-5,7-10,14-15H2,1H3/t17-/m0/s1. The van der Waals surface area contributed by atoms with Crippen LogP contribution in [0.1, 0.15) is 37.1 Å². The summed E-state index contributed by atoms with van der Waals surface area (Å²) in [5.41, 5.74) is 0.777. The van der Waals surface area contributed by atoms with E-state index in [4.69, 9.17) is 4.74 Å². The third kappa shape index (κ3) is 3.14. The number of nitrogens with zero attached hydrogens (tertiary/aromatic N) is 6. The summed E-state index contributed by atoms with van der Waals surface area (Å²) in [6.45, 7) is 5.04. The Bertz CT molecular complexity index is 845. The zero-order chi connectivity index (χ0) is 19.1. The molecule has 2 aromatic rings. The highest BCUT2D eigenvalue weighted by Gasteiger charge is 2.47. The zero-order valence-electron chi connectivity index (χ0n) is 16.5. The van der Waals surface area contributed by atoms with Crippen molar-refractivity contribution in [1.29, 1.82) is 0 Å². The number of fused-ring (bicyclic) bond motifs is 2. The topological polar surface area (TPSA) is 68.4 Å². The number of amides is 1. The molecule has 150 valence electrons. The van der Waals surface area contributed by atoms with E-state index in [1.807, 2.05) is 35.2 Å². The highest BCUT2D eigenvalue weighted by Crippen LogP contribution is 2.40. The van der Waals surface area contributed by atoms with Gasteiger partial charge in [-0.05, 0) is 25.7 Å². The SMILES string of the molecule is Cn1cc(CN2CCC3(CC2)O[C@H](C(=O)N2CCCC2)Cn2ccnc23)cn1. The first-order valence-electron chi connectivity index (χ1n) is 10.3. The summed E-state index contributed by atoms with van der Waals surface area (Å²) in [5.74, 6) is 1.13. The minimum absolute atomic E-state index is 0.147. The zero-order valence-corrected chi connectivity index (χ0v) is 16.5. The second-order valence-corrected chi connectivity index (χ2v) is 8.33. The van der Waals surface area contributed by atoms with Crippen molar-refractivity contribution in [1.82, 2.24) is 29.1 Å². The van der Waals surface area contributed by atoms with Gasteiger partial charge in [-0.15, -0.1) is 0 Å². The van der Waals surface area contributed by atoms with Crippen molar-refractivity contribution in [2.24, 2.45) is 7.05 Å². The number of carbonyl (C=O) groups is 1. The Balaban J connectivity index is 1.31. The largest absolute Gasteiger partial charge is 0.352 e. The lowest BCUT2D eigenvalue weighted by molar-refractivity contribution is -0.180. The monoisotopic (exact) mass is 384 g/mol. The number of hydrogen-bond donors (Lipinski definition) is 0. The van der Waals surface area contributed by atoms with Crippen molar-refractivity contribution in [3.8, 4) is 0 Å². The number of rotatable bonds is 3. The van der Waals surface area contributed by atoms with Gasteiger partial charge in [-0.1, -0.05) is 0 Å². The predicted molar refractivity (Wildman–Crippen MR) is 102 cm³/mol. The van der Waals surface area contributed by atoms with Gasteiger partial charge >= 0.3 is 0 Å². The fraction of sp³-hybridized carbons (Fsp3) is 0.650. The van der Waals surface area contributed by atoms with Crippen LogP contribution in [0.4, 0.5) is 0 Å². The molecule has 0 saturated carbocycles. The number of hydrogen-bond acceptors (Lipinski definition) is 5. The maximum atomic E-state index is 13.0. The van der Waals surface area contributed by atoms with Gasteiger partial charge < -0.3 is 14.2 Å². The lowest BCUT2D eigenvalue weighted by Gasteiger charge is -2.46. The molecule has 3 aliphatic rings.